The monoisotopic (exact) mass is 265 g/mol. The first-order chi connectivity index (χ1) is 9.13. The van der Waals surface area contributed by atoms with Crippen molar-refractivity contribution in [1.82, 2.24) is 5.32 Å². The van der Waals surface area contributed by atoms with Gasteiger partial charge in [-0.3, -0.25) is 4.79 Å². The normalized spacial score (nSPS) is 11.8. The van der Waals surface area contributed by atoms with Gasteiger partial charge in [-0.05, 0) is 18.4 Å². The molecule has 0 radical (unpaired) electrons. The van der Waals surface area contributed by atoms with Crippen LogP contribution in [-0.2, 0) is 20.7 Å². The third kappa shape index (κ3) is 6.01. The van der Waals surface area contributed by atoms with E-state index in [1.54, 1.807) is 7.11 Å². The van der Waals surface area contributed by atoms with E-state index in [0.717, 1.165) is 5.56 Å². The summed E-state index contributed by atoms with van der Waals surface area (Å²) < 4.78 is 4.87. The Morgan fingerprint density at radius 3 is 2.58 bits per heavy atom. The maximum absolute atomic E-state index is 11.8. The van der Waals surface area contributed by atoms with Crippen LogP contribution in [0, 0.1) is 0 Å². The van der Waals surface area contributed by atoms with E-state index in [1.165, 1.54) is 0 Å². The minimum atomic E-state index is -1.02. The number of amides is 1. The molecule has 0 heterocycles. The molecule has 0 spiro atoms. The largest absolute Gasteiger partial charge is 0.480 e. The Hall–Kier alpha value is -1.88. The lowest BCUT2D eigenvalue weighted by atomic mass is 10.1. The fraction of sp³-hybridized carbons (Fsp3) is 0.429. The number of carboxylic acids is 1. The highest BCUT2D eigenvalue weighted by Crippen LogP contribution is 2.02. The highest BCUT2D eigenvalue weighted by Gasteiger charge is 2.19. The van der Waals surface area contributed by atoms with Crippen molar-refractivity contribution in [3.05, 3.63) is 35.9 Å². The molecular weight excluding hydrogens is 246 g/mol. The Balaban J connectivity index is 2.45. The average Bonchev–Trinajstić information content (AvgIpc) is 2.38. The number of hydrogen-bond acceptors (Lipinski definition) is 3. The Labute approximate surface area is 112 Å². The predicted molar refractivity (Wildman–Crippen MR) is 70.8 cm³/mol. The second kappa shape index (κ2) is 8.26. The predicted octanol–water partition coefficient (Wildman–Crippen LogP) is 1.23. The zero-order chi connectivity index (χ0) is 14.1. The van der Waals surface area contributed by atoms with Gasteiger partial charge in [0.05, 0.1) is 6.42 Å². The SMILES string of the molecule is COCCCC(NC(=O)Cc1ccccc1)C(=O)O. The molecule has 19 heavy (non-hydrogen) atoms. The van der Waals surface area contributed by atoms with E-state index in [2.05, 4.69) is 5.32 Å². The van der Waals surface area contributed by atoms with Crippen LogP contribution in [0.4, 0.5) is 0 Å². The van der Waals surface area contributed by atoms with Gasteiger partial charge in [0, 0.05) is 13.7 Å². The average molecular weight is 265 g/mol. The molecule has 5 nitrogen and oxygen atoms in total. The van der Waals surface area contributed by atoms with Gasteiger partial charge in [-0.15, -0.1) is 0 Å². The lowest BCUT2D eigenvalue weighted by Gasteiger charge is -2.14. The molecule has 0 aliphatic carbocycles. The molecule has 0 saturated carbocycles. The van der Waals surface area contributed by atoms with Crippen LogP contribution in [0.25, 0.3) is 0 Å². The third-order valence-corrected chi connectivity index (χ3v) is 2.68. The number of carbonyl (C=O) groups is 2. The van der Waals surface area contributed by atoms with E-state index in [9.17, 15) is 9.59 Å². The Kier molecular flexibility index (Phi) is 6.60. The first kappa shape index (κ1) is 15.2. The molecular formula is C14H19NO4. The number of methoxy groups -OCH3 is 1. The minimum absolute atomic E-state index is 0.189. The summed E-state index contributed by atoms with van der Waals surface area (Å²) in [7, 11) is 1.56. The summed E-state index contributed by atoms with van der Waals surface area (Å²) in [5.41, 5.74) is 0.862. The van der Waals surface area contributed by atoms with Crippen LogP contribution >= 0.6 is 0 Å². The third-order valence-electron chi connectivity index (χ3n) is 2.68. The van der Waals surface area contributed by atoms with Crippen LogP contribution in [0.1, 0.15) is 18.4 Å². The van der Waals surface area contributed by atoms with Gasteiger partial charge in [0.15, 0.2) is 0 Å². The van der Waals surface area contributed by atoms with E-state index < -0.39 is 12.0 Å². The quantitative estimate of drug-likeness (QED) is 0.693. The molecule has 0 bridgehead atoms. The summed E-state index contributed by atoms with van der Waals surface area (Å²) in [4.78, 5) is 22.8. The van der Waals surface area contributed by atoms with Crippen molar-refractivity contribution < 1.29 is 19.4 Å². The minimum Gasteiger partial charge on any atom is -0.480 e. The number of rotatable bonds is 8. The van der Waals surface area contributed by atoms with Gasteiger partial charge in [-0.1, -0.05) is 30.3 Å². The van der Waals surface area contributed by atoms with Crippen LogP contribution in [-0.4, -0.2) is 36.7 Å². The number of carboxylic acid groups (broad SMARTS) is 1. The molecule has 0 aromatic heterocycles. The molecule has 1 rings (SSSR count). The fourth-order valence-electron chi connectivity index (χ4n) is 1.72. The first-order valence-corrected chi connectivity index (χ1v) is 6.18. The van der Waals surface area contributed by atoms with Crippen molar-refractivity contribution in [2.45, 2.75) is 25.3 Å². The van der Waals surface area contributed by atoms with E-state index in [-0.39, 0.29) is 12.3 Å². The van der Waals surface area contributed by atoms with Crippen molar-refractivity contribution in [3.8, 4) is 0 Å². The van der Waals surface area contributed by atoms with E-state index in [0.29, 0.717) is 19.4 Å². The number of ether oxygens (including phenoxy) is 1. The molecule has 1 amide bonds. The van der Waals surface area contributed by atoms with Gasteiger partial charge >= 0.3 is 5.97 Å². The molecule has 5 heteroatoms. The number of aliphatic carboxylic acids is 1. The van der Waals surface area contributed by atoms with Crippen LogP contribution in [0.3, 0.4) is 0 Å². The highest BCUT2D eigenvalue weighted by molar-refractivity contribution is 5.84. The molecule has 1 atom stereocenters. The van der Waals surface area contributed by atoms with Crippen LogP contribution in [0.15, 0.2) is 30.3 Å². The second-order valence-corrected chi connectivity index (χ2v) is 4.26. The van der Waals surface area contributed by atoms with Crippen molar-refractivity contribution in [2.24, 2.45) is 0 Å². The second-order valence-electron chi connectivity index (χ2n) is 4.26. The van der Waals surface area contributed by atoms with E-state index in [4.69, 9.17) is 9.84 Å². The molecule has 1 aromatic rings. The van der Waals surface area contributed by atoms with Gasteiger partial charge in [0.25, 0.3) is 0 Å². The molecule has 0 saturated heterocycles. The summed E-state index contributed by atoms with van der Waals surface area (Å²) >= 11 is 0. The maximum atomic E-state index is 11.8. The summed E-state index contributed by atoms with van der Waals surface area (Å²) in [5, 5.41) is 11.6. The maximum Gasteiger partial charge on any atom is 0.326 e. The summed E-state index contributed by atoms with van der Waals surface area (Å²) in [5.74, 6) is -1.30. The van der Waals surface area contributed by atoms with Gasteiger partial charge in [0.1, 0.15) is 6.04 Å². The Morgan fingerprint density at radius 2 is 2.00 bits per heavy atom. The lowest BCUT2D eigenvalue weighted by molar-refractivity contribution is -0.142. The number of nitrogens with one attached hydrogen (secondary N) is 1. The Morgan fingerprint density at radius 1 is 1.32 bits per heavy atom. The lowest BCUT2D eigenvalue weighted by Crippen LogP contribution is -2.41. The molecule has 0 fully saturated rings. The molecule has 2 N–H and O–H groups in total. The van der Waals surface area contributed by atoms with Crippen LogP contribution in [0.2, 0.25) is 0 Å². The van der Waals surface area contributed by atoms with Crippen molar-refractivity contribution in [3.63, 3.8) is 0 Å². The van der Waals surface area contributed by atoms with Crippen molar-refractivity contribution >= 4 is 11.9 Å². The zero-order valence-electron chi connectivity index (χ0n) is 11.0. The molecule has 1 unspecified atom stereocenters. The first-order valence-electron chi connectivity index (χ1n) is 6.18. The van der Waals surface area contributed by atoms with E-state index in [1.807, 2.05) is 30.3 Å². The zero-order valence-corrected chi connectivity index (χ0v) is 11.0. The molecule has 104 valence electrons. The molecule has 1 aromatic carbocycles. The summed E-state index contributed by atoms with van der Waals surface area (Å²) in [6.07, 6.45) is 1.15. The van der Waals surface area contributed by atoms with Gasteiger partial charge in [-0.2, -0.15) is 0 Å². The summed E-state index contributed by atoms with van der Waals surface area (Å²) in [6.45, 7) is 0.484. The number of carbonyl (C=O) groups excluding carboxylic acids is 1. The smallest absolute Gasteiger partial charge is 0.326 e. The standard InChI is InChI=1S/C14H19NO4/c1-19-9-5-8-12(14(17)18)15-13(16)10-11-6-3-2-4-7-11/h2-4,6-7,12H,5,8-10H2,1H3,(H,15,16)(H,17,18). The van der Waals surface area contributed by atoms with Crippen LogP contribution < -0.4 is 5.32 Å². The number of benzene rings is 1. The molecule has 0 aliphatic heterocycles. The Bertz CT molecular complexity index is 405. The van der Waals surface area contributed by atoms with Gasteiger partial charge < -0.3 is 15.2 Å². The van der Waals surface area contributed by atoms with Gasteiger partial charge in [0.2, 0.25) is 5.91 Å². The van der Waals surface area contributed by atoms with Gasteiger partial charge in [-0.25, -0.2) is 4.79 Å². The van der Waals surface area contributed by atoms with Crippen molar-refractivity contribution in [1.29, 1.82) is 0 Å². The van der Waals surface area contributed by atoms with Crippen molar-refractivity contribution in [2.75, 3.05) is 13.7 Å². The fourth-order valence-corrected chi connectivity index (χ4v) is 1.72. The molecule has 0 aliphatic rings. The van der Waals surface area contributed by atoms with E-state index >= 15 is 0 Å². The summed E-state index contributed by atoms with van der Waals surface area (Å²) in [6, 6.07) is 8.37. The van der Waals surface area contributed by atoms with Crippen LogP contribution in [0.5, 0.6) is 0 Å². The number of hydrogen-bond donors (Lipinski definition) is 2. The topological polar surface area (TPSA) is 75.6 Å². The highest BCUT2D eigenvalue weighted by atomic mass is 16.5.